The molecular formula is C45H50ClN19O6. The molecular weight excluding hydrogens is 938 g/mol. The number of aromatic nitrogens is 14. The van der Waals surface area contributed by atoms with Gasteiger partial charge < -0.3 is 25.0 Å². The van der Waals surface area contributed by atoms with Crippen LogP contribution in [0.2, 0.25) is 0 Å². The molecule has 2 saturated heterocycles. The number of halogens is 1. The average Bonchev–Trinajstić information content (AvgIpc) is 4.23. The number of carbonyl (C=O) groups is 2. The number of rotatable bonds is 9. The van der Waals surface area contributed by atoms with E-state index in [0.717, 1.165) is 53.9 Å². The van der Waals surface area contributed by atoms with E-state index in [2.05, 4.69) is 84.1 Å². The summed E-state index contributed by atoms with van der Waals surface area (Å²) in [5.41, 5.74) is 0.717. The van der Waals surface area contributed by atoms with E-state index in [9.17, 15) is 28.8 Å². The minimum absolute atomic E-state index is 0.120. The molecule has 0 radical (unpaired) electrons. The fourth-order valence-electron chi connectivity index (χ4n) is 8.27. The summed E-state index contributed by atoms with van der Waals surface area (Å²) in [6, 6.07) is 4.05. The van der Waals surface area contributed by atoms with Crippen LogP contribution in [0.1, 0.15) is 45.1 Å². The number of fused-ring (bicyclic) bond motifs is 2. The van der Waals surface area contributed by atoms with Gasteiger partial charge in [0, 0.05) is 103 Å². The first kappa shape index (κ1) is 49.1. The number of alkyl halides is 1. The Hall–Kier alpha value is -8.35. The highest BCUT2D eigenvalue weighted by atomic mass is 35.5. The molecule has 0 bridgehead atoms. The van der Waals surface area contributed by atoms with Crippen molar-refractivity contribution in [3.8, 4) is 22.8 Å². The first-order chi connectivity index (χ1) is 34.1. The fourth-order valence-corrected chi connectivity index (χ4v) is 8.33. The summed E-state index contributed by atoms with van der Waals surface area (Å²) in [6.45, 7) is 6.07. The van der Waals surface area contributed by atoms with E-state index >= 15 is 0 Å². The van der Waals surface area contributed by atoms with E-state index in [1.165, 1.54) is 47.4 Å². The van der Waals surface area contributed by atoms with Gasteiger partial charge in [0.25, 0.3) is 11.1 Å². The molecule has 3 aliphatic rings. The third kappa shape index (κ3) is 10.5. The van der Waals surface area contributed by atoms with Crippen molar-refractivity contribution in [2.45, 2.75) is 64.6 Å². The molecule has 26 heteroatoms. The highest BCUT2D eigenvalue weighted by Gasteiger charge is 2.24. The molecule has 2 fully saturated rings. The predicted octanol–water partition coefficient (Wildman–Crippen LogP) is 1.75. The van der Waals surface area contributed by atoms with Crippen LogP contribution in [0, 0.1) is 0 Å². The van der Waals surface area contributed by atoms with Crippen molar-refractivity contribution in [1.29, 1.82) is 0 Å². The van der Waals surface area contributed by atoms with Crippen LogP contribution >= 0.6 is 11.6 Å². The first-order valence-corrected chi connectivity index (χ1v) is 23.1. The Balaban J connectivity index is 0.000000160. The molecule has 0 unspecified atom stereocenters. The van der Waals surface area contributed by atoms with Crippen molar-refractivity contribution < 1.29 is 9.59 Å². The van der Waals surface area contributed by atoms with E-state index in [4.69, 9.17) is 11.6 Å². The van der Waals surface area contributed by atoms with Crippen LogP contribution in [0.4, 0.5) is 29.4 Å². The monoisotopic (exact) mass is 987 g/mol. The van der Waals surface area contributed by atoms with E-state index in [-0.39, 0.29) is 40.7 Å². The van der Waals surface area contributed by atoms with Crippen LogP contribution in [-0.2, 0) is 50.7 Å². The quantitative estimate of drug-likeness (QED) is 0.195. The number of nitrogens with one attached hydrogen (secondary N) is 2. The molecule has 0 aliphatic carbocycles. The Labute approximate surface area is 409 Å². The zero-order valence-corrected chi connectivity index (χ0v) is 40.5. The Kier molecular flexibility index (Phi) is 14.6. The maximum absolute atomic E-state index is 12.7. The van der Waals surface area contributed by atoms with Crippen molar-refractivity contribution in [3.63, 3.8) is 0 Å². The van der Waals surface area contributed by atoms with Crippen LogP contribution in [0.25, 0.3) is 33.9 Å². The molecule has 25 nitrogen and oxygen atoms in total. The molecule has 2 atom stereocenters. The maximum Gasteiger partial charge on any atom is 0.332 e. The summed E-state index contributed by atoms with van der Waals surface area (Å²) in [6.07, 6.45) is 18.0. The minimum Gasteiger partial charge on any atom is -0.338 e. The van der Waals surface area contributed by atoms with Gasteiger partial charge in [-0.3, -0.25) is 37.4 Å². The molecule has 7 aromatic heterocycles. The van der Waals surface area contributed by atoms with E-state index in [0.29, 0.717) is 70.2 Å². The fraction of sp³-hybridized carbons (Fsp3) is 0.378. The second-order valence-electron chi connectivity index (χ2n) is 16.9. The van der Waals surface area contributed by atoms with Gasteiger partial charge in [0.1, 0.15) is 29.9 Å². The third-order valence-electron chi connectivity index (χ3n) is 12.1. The molecule has 0 spiro atoms. The molecule has 2 amide bonds. The van der Waals surface area contributed by atoms with Crippen molar-refractivity contribution in [2.75, 3.05) is 39.4 Å². The van der Waals surface area contributed by atoms with Gasteiger partial charge in [0.05, 0.1) is 23.0 Å². The van der Waals surface area contributed by atoms with Crippen LogP contribution in [0.5, 0.6) is 0 Å². The van der Waals surface area contributed by atoms with Gasteiger partial charge in [0.2, 0.25) is 23.7 Å². The van der Waals surface area contributed by atoms with Crippen molar-refractivity contribution in [1.82, 2.24) is 67.7 Å². The molecule has 0 aromatic carbocycles. The van der Waals surface area contributed by atoms with Gasteiger partial charge in [0.15, 0.2) is 22.8 Å². The van der Waals surface area contributed by atoms with E-state index in [1.807, 2.05) is 0 Å². The maximum atomic E-state index is 12.7. The van der Waals surface area contributed by atoms with Crippen molar-refractivity contribution >= 4 is 70.1 Å². The van der Waals surface area contributed by atoms with Crippen LogP contribution in [0.15, 0.2) is 79.8 Å². The van der Waals surface area contributed by atoms with Gasteiger partial charge >= 0.3 is 11.4 Å². The summed E-state index contributed by atoms with van der Waals surface area (Å²) in [5, 5.41) is 5.30. The number of imidazole rings is 1. The Morgan fingerprint density at radius 2 is 1.17 bits per heavy atom. The Morgan fingerprint density at radius 3 is 1.68 bits per heavy atom. The number of nitrogens with zero attached hydrogens (tertiary/aromatic N) is 17. The topological polar surface area (TPSA) is 286 Å². The lowest BCUT2D eigenvalue weighted by Gasteiger charge is -2.20. The second kappa shape index (κ2) is 21.1. The second-order valence-corrected chi connectivity index (χ2v) is 17.2. The highest BCUT2D eigenvalue weighted by Crippen LogP contribution is 2.25. The first-order valence-electron chi connectivity index (χ1n) is 22.6. The summed E-state index contributed by atoms with van der Waals surface area (Å²) in [5.74, 6) is 2.58. The van der Waals surface area contributed by atoms with Crippen LogP contribution in [0.3, 0.4) is 0 Å². The number of hydrogen-bond donors (Lipinski definition) is 2. The minimum atomic E-state index is -0.524. The molecule has 71 heavy (non-hydrogen) atoms. The average molecular weight is 988 g/mol. The number of aliphatic imine (C=N–C) groups is 1. The van der Waals surface area contributed by atoms with Gasteiger partial charge in [-0.05, 0) is 51.7 Å². The molecule has 10 heterocycles. The van der Waals surface area contributed by atoms with Crippen LogP contribution < -0.4 is 42.9 Å². The summed E-state index contributed by atoms with van der Waals surface area (Å²) < 4.78 is 6.14. The Morgan fingerprint density at radius 1 is 0.662 bits per heavy atom. The molecule has 10 rings (SSSR count). The van der Waals surface area contributed by atoms with Gasteiger partial charge in [-0.1, -0.05) is 0 Å². The number of anilines is 4. The smallest absolute Gasteiger partial charge is 0.332 e. The molecule has 3 aliphatic heterocycles. The molecule has 368 valence electrons. The highest BCUT2D eigenvalue weighted by molar-refractivity contribution is 6.29. The third-order valence-corrected chi connectivity index (χ3v) is 12.4. The summed E-state index contributed by atoms with van der Waals surface area (Å²) >= 11 is 5.47. The van der Waals surface area contributed by atoms with Crippen molar-refractivity contribution in [3.05, 3.63) is 103 Å². The summed E-state index contributed by atoms with van der Waals surface area (Å²) in [7, 11) is 5.99. The van der Waals surface area contributed by atoms with Crippen molar-refractivity contribution in [2.24, 2.45) is 33.2 Å². The van der Waals surface area contributed by atoms with Gasteiger partial charge in [-0.15, -0.1) is 11.6 Å². The SMILES string of the molecule is C[C@H]1CCCN1c1ncc(-c2nccc(NC(=O)CCl)n2)cn1.C[C@H]1CCCN1c1ncc(-c2nccc(NC(=O)Cn3cnc4c3c(=O)n(C)c(=O)n4C)n2)cn1.Cn1c2c(c(=O)n(C)c1=O)CC=N2. The zero-order chi connectivity index (χ0) is 50.5. The lowest BCUT2D eigenvalue weighted by atomic mass is 10.2. The Bertz CT molecular complexity index is 3400. The van der Waals surface area contributed by atoms with Crippen LogP contribution in [-0.4, -0.2) is 117 Å². The number of hydrogen-bond acceptors (Lipinski definition) is 18. The lowest BCUT2D eigenvalue weighted by Crippen LogP contribution is -2.38. The molecule has 7 aromatic rings. The zero-order valence-electron chi connectivity index (χ0n) is 39.7. The normalized spacial score (nSPS) is 15.8. The number of aryl methyl sites for hydroxylation is 1. The lowest BCUT2D eigenvalue weighted by molar-refractivity contribution is -0.116. The number of amides is 2. The van der Waals surface area contributed by atoms with Gasteiger partial charge in [-0.2, -0.15) is 0 Å². The largest absolute Gasteiger partial charge is 0.338 e. The molecule has 2 N–H and O–H groups in total. The van der Waals surface area contributed by atoms with E-state index in [1.54, 1.807) is 56.4 Å². The molecule has 0 saturated carbocycles. The standard InChI is InChI=1S/C22H24N10O3.C15H17ClN6O.C8H9N3O2/c1-13-5-4-8-32(13)21-24-9-14(10-25-21)18-23-7-6-15(28-18)27-16(33)11-31-12-26-19-17(31)20(34)30(3)22(35)29(19)2;1-10-3-2-6-22(10)15-18-8-11(9-19-15)14-17-5-4-12(21-14)20-13(23)7-16;1-10-6-5(3-4-9-6)7(12)11(2)8(10)13/h6-7,9-10,12-13H,4-5,8,11H2,1-3H3,(H,23,27,28,33);4-5,8-10H,2-3,6-7H2,1H3,(H,17,20,21,23);4H,3H2,1-2H3/t13-;10-;/m00./s1. The predicted molar refractivity (Wildman–Crippen MR) is 265 cm³/mol. The number of carbonyl (C=O) groups excluding carboxylic acids is 2. The summed E-state index contributed by atoms with van der Waals surface area (Å²) in [4.78, 5) is 119. The van der Waals surface area contributed by atoms with Gasteiger partial charge in [-0.25, -0.2) is 59.4 Å². The van der Waals surface area contributed by atoms with E-state index < -0.39 is 17.2 Å².